The van der Waals surface area contributed by atoms with Crippen molar-refractivity contribution in [3.8, 4) is 0 Å². The van der Waals surface area contributed by atoms with E-state index in [1.54, 1.807) is 0 Å². The lowest BCUT2D eigenvalue weighted by Crippen LogP contribution is -2.64. The molecular formula is C32H50O3Si2. The van der Waals surface area contributed by atoms with Gasteiger partial charge in [0, 0.05) is 18.3 Å². The molecule has 2 saturated heterocycles. The summed E-state index contributed by atoms with van der Waals surface area (Å²) in [6.07, 6.45) is 12.7. The van der Waals surface area contributed by atoms with Crippen molar-refractivity contribution in [1.82, 2.24) is 0 Å². The van der Waals surface area contributed by atoms with E-state index in [0.29, 0.717) is 24.4 Å². The van der Waals surface area contributed by atoms with Crippen molar-refractivity contribution in [1.29, 1.82) is 0 Å². The van der Waals surface area contributed by atoms with Crippen molar-refractivity contribution < 1.29 is 13.6 Å². The Morgan fingerprint density at radius 1 is 1.08 bits per heavy atom. The molecule has 0 N–H and O–H groups in total. The van der Waals surface area contributed by atoms with Crippen LogP contribution in [0.2, 0.25) is 37.8 Å². The smallest absolute Gasteiger partial charge is 0.192 e. The maximum absolute atomic E-state index is 7.52. The van der Waals surface area contributed by atoms with Gasteiger partial charge in [0.05, 0.1) is 23.4 Å². The maximum Gasteiger partial charge on any atom is 0.192 e. The molecule has 2 heterocycles. The van der Waals surface area contributed by atoms with Gasteiger partial charge in [-0.2, -0.15) is 0 Å². The topological polar surface area (TPSA) is 27.7 Å². The van der Waals surface area contributed by atoms with Gasteiger partial charge in [-0.15, -0.1) is 0 Å². The van der Waals surface area contributed by atoms with Crippen LogP contribution in [0.1, 0.15) is 65.4 Å². The Balaban J connectivity index is 1.64. The van der Waals surface area contributed by atoms with Crippen molar-refractivity contribution >= 4 is 22.7 Å². The van der Waals surface area contributed by atoms with Gasteiger partial charge in [0.25, 0.3) is 0 Å². The van der Waals surface area contributed by atoms with E-state index >= 15 is 0 Å². The Kier molecular flexibility index (Phi) is 6.72. The number of hydrogen-bond donors (Lipinski definition) is 0. The summed E-state index contributed by atoms with van der Waals surface area (Å²) >= 11 is 0. The summed E-state index contributed by atoms with van der Waals surface area (Å²) < 4.78 is 21.9. The van der Waals surface area contributed by atoms with E-state index < -0.39 is 16.6 Å². The summed E-state index contributed by atoms with van der Waals surface area (Å²) in [5.74, 6) is 1.31. The van der Waals surface area contributed by atoms with Crippen molar-refractivity contribution in [3.63, 3.8) is 0 Å². The summed E-state index contributed by atoms with van der Waals surface area (Å²) in [6.45, 7) is 22.0. The van der Waals surface area contributed by atoms with Gasteiger partial charge in [-0.1, -0.05) is 76.3 Å². The van der Waals surface area contributed by atoms with Crippen LogP contribution in [0.3, 0.4) is 0 Å². The molecule has 3 nitrogen and oxygen atoms in total. The highest BCUT2D eigenvalue weighted by Crippen LogP contribution is 2.69. The van der Waals surface area contributed by atoms with Gasteiger partial charge >= 0.3 is 0 Å². The standard InChI is InChI=1S/C32H50O3Si2/c1-24-19-28-31-18-14-13-17-26(31)21-30(34-31,23-33-37(8,9)29(2,3)4)22-32(28,35-36(5,6)7)27(24)20-25-15-11-10-12-16-25/h10-13,15-17,20,24,26,28H,14,18-19,21-23H2,1-9H3/t24-,26+,28-,30-,31+,32-/m0/s1. The molecule has 0 radical (unpaired) electrons. The van der Waals surface area contributed by atoms with Crippen LogP contribution in [0.25, 0.3) is 6.08 Å². The van der Waals surface area contributed by atoms with E-state index in [9.17, 15) is 0 Å². The maximum atomic E-state index is 7.52. The molecule has 0 aromatic heterocycles. The zero-order chi connectivity index (χ0) is 26.9. The zero-order valence-corrected chi connectivity index (χ0v) is 26.8. The van der Waals surface area contributed by atoms with Gasteiger partial charge < -0.3 is 13.6 Å². The van der Waals surface area contributed by atoms with Crippen molar-refractivity contribution in [3.05, 3.63) is 53.6 Å². The quantitative estimate of drug-likeness (QED) is 0.268. The van der Waals surface area contributed by atoms with E-state index in [1.807, 2.05) is 0 Å². The van der Waals surface area contributed by atoms with Gasteiger partial charge in [0.15, 0.2) is 16.6 Å². The van der Waals surface area contributed by atoms with E-state index in [0.717, 1.165) is 32.1 Å². The van der Waals surface area contributed by atoms with Crippen molar-refractivity contribution in [2.45, 2.75) is 114 Å². The summed E-state index contributed by atoms with van der Waals surface area (Å²) in [5.41, 5.74) is 2.05. The molecule has 2 aliphatic carbocycles. The largest absolute Gasteiger partial charge is 0.414 e. The van der Waals surface area contributed by atoms with Crippen molar-refractivity contribution in [2.24, 2.45) is 17.8 Å². The summed E-state index contributed by atoms with van der Waals surface area (Å²) in [5, 5.41) is 0.177. The van der Waals surface area contributed by atoms with Crippen LogP contribution < -0.4 is 0 Å². The average molecular weight is 539 g/mol. The minimum atomic E-state index is -1.93. The number of fused-ring (bicyclic) bond motifs is 2. The van der Waals surface area contributed by atoms with Crippen LogP contribution in [-0.2, 0) is 13.6 Å². The second kappa shape index (κ2) is 9.02. The predicted molar refractivity (Wildman–Crippen MR) is 160 cm³/mol. The Hall–Kier alpha value is -0.986. The monoisotopic (exact) mass is 538 g/mol. The number of hydrogen-bond acceptors (Lipinski definition) is 3. The molecule has 1 aromatic carbocycles. The number of rotatable bonds is 6. The summed E-state index contributed by atoms with van der Waals surface area (Å²) in [7, 11) is -3.81. The molecule has 1 aromatic rings. The Morgan fingerprint density at radius 3 is 2.43 bits per heavy atom. The third kappa shape index (κ3) is 4.71. The molecule has 1 spiro atoms. The lowest BCUT2D eigenvalue weighted by atomic mass is 9.66. The first-order valence-electron chi connectivity index (χ1n) is 14.6. The Bertz CT molecular complexity index is 1070. The first kappa shape index (κ1) is 27.6. The normalized spacial score (nSPS) is 38.6. The first-order chi connectivity index (χ1) is 17.1. The molecule has 204 valence electrons. The Labute approximate surface area is 228 Å². The van der Waals surface area contributed by atoms with Gasteiger partial charge in [-0.05, 0) is 80.5 Å². The Morgan fingerprint density at radius 2 is 1.78 bits per heavy atom. The molecular weight excluding hydrogens is 489 g/mol. The molecule has 2 bridgehead atoms. The van der Waals surface area contributed by atoms with Crippen LogP contribution in [-0.4, -0.2) is 40.0 Å². The minimum Gasteiger partial charge on any atom is -0.414 e. The van der Waals surface area contributed by atoms with Gasteiger partial charge in [0.1, 0.15) is 0 Å². The van der Waals surface area contributed by atoms with E-state index in [1.165, 1.54) is 11.1 Å². The van der Waals surface area contributed by atoms with E-state index in [2.05, 4.69) is 109 Å². The fourth-order valence-electron chi connectivity index (χ4n) is 7.70. The van der Waals surface area contributed by atoms with Crippen LogP contribution in [0.4, 0.5) is 0 Å². The minimum absolute atomic E-state index is 0.149. The molecule has 37 heavy (non-hydrogen) atoms. The van der Waals surface area contributed by atoms with E-state index in [4.69, 9.17) is 13.6 Å². The lowest BCUT2D eigenvalue weighted by Gasteiger charge is -2.57. The van der Waals surface area contributed by atoms with Crippen LogP contribution in [0, 0.1) is 17.8 Å². The lowest BCUT2D eigenvalue weighted by molar-refractivity contribution is -0.237. The summed E-state index contributed by atoms with van der Waals surface area (Å²) in [4.78, 5) is 0. The number of allylic oxidation sites excluding steroid dienone is 1. The molecule has 2 aliphatic heterocycles. The average Bonchev–Trinajstić information content (AvgIpc) is 3.22. The summed E-state index contributed by atoms with van der Waals surface area (Å²) in [6, 6.07) is 10.9. The molecule has 3 fully saturated rings. The highest BCUT2D eigenvalue weighted by atomic mass is 28.4. The fourth-order valence-corrected chi connectivity index (χ4v) is 10.2. The first-order valence-corrected chi connectivity index (χ1v) is 20.9. The van der Waals surface area contributed by atoms with Crippen LogP contribution in [0.5, 0.6) is 0 Å². The molecule has 0 amide bonds. The zero-order valence-electron chi connectivity index (χ0n) is 24.8. The highest BCUT2D eigenvalue weighted by Gasteiger charge is 2.73. The molecule has 4 aliphatic rings. The SMILES string of the molecule is C[C@H]1C[C@H]2[C@@]34CCC=C[C@@H]3C[C@@](CO[Si](C)(C)C(C)(C)C)(C[C@]2(O[Si](C)(C)C)C1=Cc1ccccc1)O4. The second-order valence-corrected chi connectivity index (χ2v) is 24.3. The van der Waals surface area contributed by atoms with Crippen LogP contribution in [0.15, 0.2) is 48.1 Å². The predicted octanol–water partition coefficient (Wildman–Crippen LogP) is 8.61. The van der Waals surface area contributed by atoms with Crippen LogP contribution >= 0.6 is 0 Å². The number of benzene rings is 1. The third-order valence-electron chi connectivity index (χ3n) is 10.2. The van der Waals surface area contributed by atoms with Gasteiger partial charge in [-0.3, -0.25) is 0 Å². The highest BCUT2D eigenvalue weighted by molar-refractivity contribution is 6.74. The van der Waals surface area contributed by atoms with Crippen molar-refractivity contribution in [2.75, 3.05) is 6.61 Å². The fraction of sp³-hybridized carbons (Fsp3) is 0.688. The molecule has 1 saturated carbocycles. The third-order valence-corrected chi connectivity index (χ3v) is 15.6. The van der Waals surface area contributed by atoms with Gasteiger partial charge in [-0.25, -0.2) is 0 Å². The second-order valence-electron chi connectivity index (χ2n) is 15.0. The molecule has 0 unspecified atom stereocenters. The van der Waals surface area contributed by atoms with E-state index in [-0.39, 0.29) is 21.8 Å². The van der Waals surface area contributed by atoms with Gasteiger partial charge in [0.2, 0.25) is 0 Å². The molecule has 6 atom stereocenters. The molecule has 5 rings (SSSR count). The molecule has 5 heteroatoms. The number of ether oxygens (including phenoxy) is 1.